The highest BCUT2D eigenvalue weighted by Gasteiger charge is 2.12. The molecule has 0 spiro atoms. The van der Waals surface area contributed by atoms with Crippen LogP contribution in [-0.2, 0) is 4.79 Å². The largest absolute Gasteiger partial charge is 0.478 e. The van der Waals surface area contributed by atoms with Crippen LogP contribution in [-0.4, -0.2) is 17.0 Å². The molecule has 0 unspecified atom stereocenters. The molecule has 0 saturated carbocycles. The van der Waals surface area contributed by atoms with Crippen LogP contribution in [0.4, 0.5) is 5.00 Å². The van der Waals surface area contributed by atoms with Crippen molar-refractivity contribution in [3.8, 4) is 0 Å². The Morgan fingerprint density at radius 3 is 2.86 bits per heavy atom. The van der Waals surface area contributed by atoms with Gasteiger partial charge in [0.15, 0.2) is 0 Å². The number of carbonyl (C=O) groups excluding carboxylic acids is 1. The van der Waals surface area contributed by atoms with Gasteiger partial charge in [-0.25, -0.2) is 4.79 Å². The first-order valence-corrected chi connectivity index (χ1v) is 4.77. The van der Waals surface area contributed by atoms with Crippen LogP contribution >= 0.6 is 11.3 Å². The zero-order valence-corrected chi connectivity index (χ0v) is 8.30. The third kappa shape index (κ3) is 2.43. The third-order valence-electron chi connectivity index (χ3n) is 1.45. The van der Waals surface area contributed by atoms with Crippen molar-refractivity contribution < 1.29 is 14.7 Å². The van der Waals surface area contributed by atoms with Crippen LogP contribution in [0.5, 0.6) is 0 Å². The van der Waals surface area contributed by atoms with Crippen LogP contribution in [0.25, 0.3) is 0 Å². The summed E-state index contributed by atoms with van der Waals surface area (Å²) in [5, 5.41) is 13.2. The fraction of sp³-hybridized carbons (Fsp3) is 0.111. The number of carboxylic acid groups (broad SMARTS) is 1. The van der Waals surface area contributed by atoms with E-state index in [0.717, 1.165) is 0 Å². The summed E-state index contributed by atoms with van der Waals surface area (Å²) in [5.41, 5.74) is 0.118. The zero-order chi connectivity index (χ0) is 10.6. The van der Waals surface area contributed by atoms with Crippen LogP contribution in [0.15, 0.2) is 23.6 Å². The molecule has 0 bridgehead atoms. The Morgan fingerprint density at radius 1 is 1.57 bits per heavy atom. The monoisotopic (exact) mass is 211 g/mol. The van der Waals surface area contributed by atoms with Crippen molar-refractivity contribution in [2.75, 3.05) is 5.32 Å². The molecule has 0 aromatic carbocycles. The molecule has 0 saturated heterocycles. The van der Waals surface area contributed by atoms with Gasteiger partial charge < -0.3 is 10.4 Å². The Morgan fingerprint density at radius 2 is 2.29 bits per heavy atom. The average Bonchev–Trinajstić information content (AvgIpc) is 2.52. The van der Waals surface area contributed by atoms with Crippen molar-refractivity contribution in [3.05, 3.63) is 29.2 Å². The minimum atomic E-state index is -1.04. The highest BCUT2D eigenvalue weighted by Crippen LogP contribution is 2.22. The summed E-state index contributed by atoms with van der Waals surface area (Å²) >= 11 is 1.19. The van der Waals surface area contributed by atoms with Gasteiger partial charge in [-0.15, -0.1) is 11.3 Å². The van der Waals surface area contributed by atoms with Crippen LogP contribution in [0.3, 0.4) is 0 Å². The number of aromatic carboxylic acids is 1. The van der Waals surface area contributed by atoms with Crippen molar-refractivity contribution >= 4 is 28.2 Å². The molecule has 0 aliphatic rings. The van der Waals surface area contributed by atoms with Gasteiger partial charge in [0, 0.05) is 0 Å². The normalized spacial score (nSPS) is 10.4. The molecule has 1 aromatic heterocycles. The van der Waals surface area contributed by atoms with E-state index in [1.165, 1.54) is 23.5 Å². The summed E-state index contributed by atoms with van der Waals surface area (Å²) in [4.78, 5) is 21.8. The first-order chi connectivity index (χ1) is 6.65. The smallest absolute Gasteiger partial charge is 0.338 e. The van der Waals surface area contributed by atoms with E-state index >= 15 is 0 Å². The number of carbonyl (C=O) groups is 2. The van der Waals surface area contributed by atoms with E-state index in [9.17, 15) is 9.59 Å². The second-order valence-electron chi connectivity index (χ2n) is 2.46. The third-order valence-corrected chi connectivity index (χ3v) is 2.28. The molecule has 1 aromatic rings. The van der Waals surface area contributed by atoms with E-state index in [0.29, 0.717) is 5.00 Å². The predicted molar refractivity (Wildman–Crippen MR) is 54.7 cm³/mol. The summed E-state index contributed by atoms with van der Waals surface area (Å²) in [6.45, 7) is 1.71. The molecule has 0 aliphatic carbocycles. The van der Waals surface area contributed by atoms with Crippen molar-refractivity contribution in [3.63, 3.8) is 0 Å². The maximum atomic E-state index is 11.1. The Balaban J connectivity index is 2.81. The second-order valence-corrected chi connectivity index (χ2v) is 3.37. The minimum Gasteiger partial charge on any atom is -0.478 e. The number of nitrogens with one attached hydrogen (secondary N) is 1. The minimum absolute atomic E-state index is 0.118. The molecule has 0 atom stereocenters. The molecule has 2 N–H and O–H groups in total. The van der Waals surface area contributed by atoms with Crippen LogP contribution in [0.2, 0.25) is 0 Å². The maximum absolute atomic E-state index is 11.1. The lowest BCUT2D eigenvalue weighted by Crippen LogP contribution is -2.09. The number of carboxylic acids is 1. The van der Waals surface area contributed by atoms with Crippen molar-refractivity contribution in [1.29, 1.82) is 0 Å². The van der Waals surface area contributed by atoms with Gasteiger partial charge in [-0.3, -0.25) is 4.79 Å². The Labute approximate surface area is 84.9 Å². The van der Waals surface area contributed by atoms with E-state index in [1.54, 1.807) is 18.4 Å². The SMILES string of the molecule is CC=CC(=O)Nc1sccc1C(=O)O. The van der Waals surface area contributed by atoms with E-state index in [-0.39, 0.29) is 11.5 Å². The molecule has 74 valence electrons. The first-order valence-electron chi connectivity index (χ1n) is 3.89. The fourth-order valence-electron chi connectivity index (χ4n) is 0.879. The molecular formula is C9H9NO3S. The van der Waals surface area contributed by atoms with Crippen molar-refractivity contribution in [2.24, 2.45) is 0 Å². The van der Waals surface area contributed by atoms with E-state index in [1.807, 2.05) is 0 Å². The zero-order valence-electron chi connectivity index (χ0n) is 7.48. The molecule has 1 amide bonds. The van der Waals surface area contributed by atoms with Crippen LogP contribution < -0.4 is 5.32 Å². The number of thiophene rings is 1. The molecule has 0 fully saturated rings. The van der Waals surface area contributed by atoms with Gasteiger partial charge in [-0.05, 0) is 24.4 Å². The number of rotatable bonds is 3. The second kappa shape index (κ2) is 4.57. The Kier molecular flexibility index (Phi) is 3.41. The highest BCUT2D eigenvalue weighted by atomic mass is 32.1. The molecule has 0 radical (unpaired) electrons. The topological polar surface area (TPSA) is 66.4 Å². The Bertz CT molecular complexity index is 381. The van der Waals surface area contributed by atoms with Gasteiger partial charge in [0.1, 0.15) is 5.00 Å². The predicted octanol–water partition coefficient (Wildman–Crippen LogP) is 1.96. The highest BCUT2D eigenvalue weighted by molar-refractivity contribution is 7.14. The van der Waals surface area contributed by atoms with E-state index in [2.05, 4.69) is 5.32 Å². The quantitative estimate of drug-likeness (QED) is 0.751. The van der Waals surface area contributed by atoms with E-state index in [4.69, 9.17) is 5.11 Å². The molecular weight excluding hydrogens is 202 g/mol. The lowest BCUT2D eigenvalue weighted by molar-refractivity contribution is -0.111. The lowest BCUT2D eigenvalue weighted by atomic mass is 10.3. The number of anilines is 1. The van der Waals surface area contributed by atoms with Gasteiger partial charge in [0.05, 0.1) is 5.56 Å². The van der Waals surface area contributed by atoms with Gasteiger partial charge in [0.2, 0.25) is 5.91 Å². The van der Waals surface area contributed by atoms with Gasteiger partial charge >= 0.3 is 5.97 Å². The molecule has 5 heteroatoms. The lowest BCUT2D eigenvalue weighted by Gasteiger charge is -1.99. The molecule has 4 nitrogen and oxygen atoms in total. The first kappa shape index (κ1) is 10.5. The van der Waals surface area contributed by atoms with Gasteiger partial charge in [-0.2, -0.15) is 0 Å². The fourth-order valence-corrected chi connectivity index (χ4v) is 1.66. The summed E-state index contributed by atoms with van der Waals surface area (Å²) in [7, 11) is 0. The van der Waals surface area contributed by atoms with Crippen LogP contribution in [0, 0.1) is 0 Å². The van der Waals surface area contributed by atoms with Gasteiger partial charge in [0.25, 0.3) is 0 Å². The average molecular weight is 211 g/mol. The van der Waals surface area contributed by atoms with Crippen molar-refractivity contribution in [2.45, 2.75) is 6.92 Å². The summed E-state index contributed by atoms with van der Waals surface area (Å²) in [6, 6.07) is 1.46. The van der Waals surface area contributed by atoms with Crippen molar-refractivity contribution in [1.82, 2.24) is 0 Å². The molecule has 0 aliphatic heterocycles. The Hall–Kier alpha value is -1.62. The molecule has 1 heterocycles. The molecule has 1 rings (SSSR count). The number of amides is 1. The maximum Gasteiger partial charge on any atom is 0.338 e. The number of allylic oxidation sites excluding steroid dienone is 1. The molecule has 14 heavy (non-hydrogen) atoms. The standard InChI is InChI=1S/C9H9NO3S/c1-2-3-7(11)10-8-6(9(12)13)4-5-14-8/h2-5H,1H3,(H,10,11)(H,12,13). The van der Waals surface area contributed by atoms with Gasteiger partial charge in [-0.1, -0.05) is 6.08 Å². The summed E-state index contributed by atoms with van der Waals surface area (Å²) < 4.78 is 0. The summed E-state index contributed by atoms with van der Waals surface area (Å²) in [6.07, 6.45) is 2.93. The summed E-state index contributed by atoms with van der Waals surface area (Å²) in [5.74, 6) is -1.36. The number of hydrogen-bond acceptors (Lipinski definition) is 3. The van der Waals surface area contributed by atoms with E-state index < -0.39 is 5.97 Å². The van der Waals surface area contributed by atoms with Crippen LogP contribution in [0.1, 0.15) is 17.3 Å². The number of hydrogen-bond donors (Lipinski definition) is 2.